The minimum absolute atomic E-state index is 0.115. The van der Waals surface area contributed by atoms with E-state index in [1.54, 1.807) is 0 Å². The predicted octanol–water partition coefficient (Wildman–Crippen LogP) is 4.51. The van der Waals surface area contributed by atoms with Crippen LogP contribution < -0.4 is 0 Å². The van der Waals surface area contributed by atoms with Gasteiger partial charge in [0, 0.05) is 17.0 Å². The molecule has 0 radical (unpaired) electrons. The van der Waals surface area contributed by atoms with Crippen molar-refractivity contribution in [1.82, 2.24) is 9.97 Å². The molecule has 0 fully saturated rings. The first-order chi connectivity index (χ1) is 9.20. The van der Waals surface area contributed by atoms with E-state index in [0.717, 1.165) is 12.1 Å². The van der Waals surface area contributed by atoms with Gasteiger partial charge < -0.3 is 0 Å². The second-order valence-electron chi connectivity index (χ2n) is 5.37. The molecule has 0 aliphatic rings. The van der Waals surface area contributed by atoms with Gasteiger partial charge in [-0.25, -0.2) is 23.1 Å². The fraction of sp³-hybridized carbons (Fsp3) is 0.286. The summed E-state index contributed by atoms with van der Waals surface area (Å²) >= 11 is 5.89. The number of rotatable bonds is 1. The highest BCUT2D eigenvalue weighted by atomic mass is 35.5. The second-order valence-corrected chi connectivity index (χ2v) is 5.76. The molecule has 0 bridgehead atoms. The van der Waals surface area contributed by atoms with Crippen molar-refractivity contribution in [3.05, 3.63) is 46.6 Å². The Morgan fingerprint density at radius 3 is 2.25 bits per heavy atom. The van der Waals surface area contributed by atoms with Gasteiger partial charge in [-0.1, -0.05) is 32.4 Å². The van der Waals surface area contributed by atoms with Crippen molar-refractivity contribution in [2.24, 2.45) is 0 Å². The maximum Gasteiger partial charge on any atom is 0.195 e. The highest BCUT2D eigenvalue weighted by Gasteiger charge is 2.21. The predicted molar refractivity (Wildman–Crippen MR) is 71.1 cm³/mol. The summed E-state index contributed by atoms with van der Waals surface area (Å²) in [5.74, 6) is -3.68. The summed E-state index contributed by atoms with van der Waals surface area (Å²) in [7, 11) is 0. The van der Waals surface area contributed by atoms with Crippen LogP contribution in [0.3, 0.4) is 0 Å². The maximum atomic E-state index is 13.8. The average molecular weight is 301 g/mol. The van der Waals surface area contributed by atoms with Gasteiger partial charge in [-0.05, 0) is 12.1 Å². The Balaban J connectivity index is 2.65. The van der Waals surface area contributed by atoms with Crippen molar-refractivity contribution < 1.29 is 13.2 Å². The number of nitrogens with zero attached hydrogens (tertiary/aromatic N) is 2. The molecule has 2 rings (SSSR count). The molecule has 0 saturated heterocycles. The molecule has 1 aromatic carbocycles. The lowest BCUT2D eigenvalue weighted by Crippen LogP contribution is -2.16. The summed E-state index contributed by atoms with van der Waals surface area (Å²) in [6.45, 7) is 5.60. The van der Waals surface area contributed by atoms with Gasteiger partial charge in [0.15, 0.2) is 17.5 Å². The van der Waals surface area contributed by atoms with E-state index >= 15 is 0 Å². The van der Waals surface area contributed by atoms with E-state index in [0.29, 0.717) is 5.82 Å². The smallest absolute Gasteiger partial charge is 0.195 e. The molecular weight excluding hydrogens is 289 g/mol. The Kier molecular flexibility index (Phi) is 3.73. The van der Waals surface area contributed by atoms with Crippen LogP contribution in [0.4, 0.5) is 13.2 Å². The SMILES string of the molecule is CC(C)(C)c1nc(Cl)cc(-c2ccc(F)c(F)c2F)n1. The molecule has 2 nitrogen and oxygen atoms in total. The quantitative estimate of drug-likeness (QED) is 0.572. The summed E-state index contributed by atoms with van der Waals surface area (Å²) < 4.78 is 40.0. The van der Waals surface area contributed by atoms with Crippen LogP contribution in [0.25, 0.3) is 11.3 Å². The summed E-state index contributed by atoms with van der Waals surface area (Å²) in [5, 5.41) is 0.115. The lowest BCUT2D eigenvalue weighted by atomic mass is 9.95. The molecule has 20 heavy (non-hydrogen) atoms. The van der Waals surface area contributed by atoms with Gasteiger partial charge in [-0.2, -0.15) is 0 Å². The molecular formula is C14H12ClF3N2. The van der Waals surface area contributed by atoms with Gasteiger partial charge in [0.05, 0.1) is 5.69 Å². The third-order valence-electron chi connectivity index (χ3n) is 2.68. The van der Waals surface area contributed by atoms with E-state index in [-0.39, 0.29) is 16.4 Å². The molecule has 0 aliphatic carbocycles. The Bertz CT molecular complexity index is 666. The van der Waals surface area contributed by atoms with E-state index in [4.69, 9.17) is 11.6 Å². The molecule has 0 atom stereocenters. The van der Waals surface area contributed by atoms with Crippen molar-refractivity contribution in [3.63, 3.8) is 0 Å². The highest BCUT2D eigenvalue weighted by Crippen LogP contribution is 2.28. The first-order valence-electron chi connectivity index (χ1n) is 5.89. The van der Waals surface area contributed by atoms with E-state index < -0.39 is 22.9 Å². The lowest BCUT2D eigenvalue weighted by molar-refractivity contribution is 0.448. The van der Waals surface area contributed by atoms with Crippen molar-refractivity contribution >= 4 is 11.6 Å². The summed E-state index contributed by atoms with van der Waals surface area (Å²) in [5.41, 5.74) is -0.445. The van der Waals surface area contributed by atoms with Crippen LogP contribution in [0.15, 0.2) is 18.2 Å². The van der Waals surface area contributed by atoms with Crippen LogP contribution in [0.2, 0.25) is 5.15 Å². The van der Waals surface area contributed by atoms with Gasteiger partial charge in [-0.15, -0.1) is 0 Å². The van der Waals surface area contributed by atoms with Crippen molar-refractivity contribution in [2.75, 3.05) is 0 Å². The van der Waals surface area contributed by atoms with E-state index in [9.17, 15) is 13.2 Å². The third kappa shape index (κ3) is 2.77. The number of hydrogen-bond donors (Lipinski definition) is 0. The zero-order valence-corrected chi connectivity index (χ0v) is 11.9. The Morgan fingerprint density at radius 1 is 1.00 bits per heavy atom. The van der Waals surface area contributed by atoms with Gasteiger partial charge in [0.1, 0.15) is 11.0 Å². The van der Waals surface area contributed by atoms with Crippen LogP contribution >= 0.6 is 11.6 Å². The molecule has 2 aromatic rings. The molecule has 0 aliphatic heterocycles. The third-order valence-corrected chi connectivity index (χ3v) is 2.87. The largest absolute Gasteiger partial charge is 0.232 e. The maximum absolute atomic E-state index is 13.8. The van der Waals surface area contributed by atoms with Crippen LogP contribution in [-0.2, 0) is 5.41 Å². The summed E-state index contributed by atoms with van der Waals surface area (Å²) in [6.07, 6.45) is 0. The first-order valence-corrected chi connectivity index (χ1v) is 6.27. The molecule has 0 saturated carbocycles. The molecule has 106 valence electrons. The van der Waals surface area contributed by atoms with Crippen LogP contribution in [0.5, 0.6) is 0 Å². The minimum atomic E-state index is -1.53. The fourth-order valence-electron chi connectivity index (χ4n) is 1.61. The van der Waals surface area contributed by atoms with E-state index in [1.165, 1.54) is 6.07 Å². The van der Waals surface area contributed by atoms with E-state index in [2.05, 4.69) is 9.97 Å². The molecule has 0 spiro atoms. The van der Waals surface area contributed by atoms with Crippen molar-refractivity contribution in [1.29, 1.82) is 0 Å². The number of aromatic nitrogens is 2. The topological polar surface area (TPSA) is 25.8 Å². The first kappa shape index (κ1) is 14.8. The van der Waals surface area contributed by atoms with Crippen LogP contribution in [0, 0.1) is 17.5 Å². The molecule has 0 unspecified atom stereocenters. The average Bonchev–Trinajstić information content (AvgIpc) is 2.34. The molecule has 6 heteroatoms. The van der Waals surface area contributed by atoms with Crippen LogP contribution in [0.1, 0.15) is 26.6 Å². The minimum Gasteiger partial charge on any atom is -0.232 e. The number of hydrogen-bond acceptors (Lipinski definition) is 2. The van der Waals surface area contributed by atoms with Gasteiger partial charge in [-0.3, -0.25) is 0 Å². The summed E-state index contributed by atoms with van der Waals surface area (Å²) in [6, 6.07) is 3.28. The zero-order valence-electron chi connectivity index (χ0n) is 11.1. The van der Waals surface area contributed by atoms with Crippen molar-refractivity contribution in [2.45, 2.75) is 26.2 Å². The van der Waals surface area contributed by atoms with E-state index in [1.807, 2.05) is 20.8 Å². The normalized spacial score (nSPS) is 11.8. The van der Waals surface area contributed by atoms with Gasteiger partial charge >= 0.3 is 0 Å². The molecule has 1 aromatic heterocycles. The second kappa shape index (κ2) is 5.05. The lowest BCUT2D eigenvalue weighted by Gasteiger charge is -2.17. The highest BCUT2D eigenvalue weighted by molar-refractivity contribution is 6.29. The number of benzene rings is 1. The van der Waals surface area contributed by atoms with Gasteiger partial charge in [0.25, 0.3) is 0 Å². The van der Waals surface area contributed by atoms with Crippen LogP contribution in [-0.4, -0.2) is 9.97 Å². The summed E-state index contributed by atoms with van der Waals surface area (Å²) in [4.78, 5) is 8.25. The Hall–Kier alpha value is -1.62. The standard InChI is InChI=1S/C14H12ClF3N2/c1-14(2,3)13-19-9(6-10(15)20-13)7-4-5-8(16)12(18)11(7)17/h4-6H,1-3H3. The Labute approximate surface area is 119 Å². The monoisotopic (exact) mass is 300 g/mol. The molecule has 1 heterocycles. The molecule has 0 N–H and O–H groups in total. The Morgan fingerprint density at radius 2 is 1.65 bits per heavy atom. The van der Waals surface area contributed by atoms with Crippen molar-refractivity contribution in [3.8, 4) is 11.3 Å². The zero-order chi connectivity index (χ0) is 15.1. The van der Waals surface area contributed by atoms with Gasteiger partial charge in [0.2, 0.25) is 0 Å². The molecule has 0 amide bonds. The number of halogens is 4. The fourth-order valence-corrected chi connectivity index (χ4v) is 1.80.